The van der Waals surface area contributed by atoms with Gasteiger partial charge in [-0.05, 0) is 47.4 Å². The smallest absolute Gasteiger partial charge is 0.267 e. The Morgan fingerprint density at radius 3 is 2.32 bits per heavy atom. The minimum absolute atomic E-state index is 0.306. The summed E-state index contributed by atoms with van der Waals surface area (Å²) in [6.07, 6.45) is 1.32. The summed E-state index contributed by atoms with van der Waals surface area (Å²) in [5.41, 5.74) is 0.210. The van der Waals surface area contributed by atoms with E-state index in [1.165, 1.54) is 18.2 Å². The van der Waals surface area contributed by atoms with Gasteiger partial charge in [-0.15, -0.1) is 0 Å². The molecule has 0 aliphatic rings. The molecule has 0 saturated carbocycles. The van der Waals surface area contributed by atoms with Crippen molar-refractivity contribution in [2.24, 2.45) is 0 Å². The molecular weight excluding hydrogens is 405 g/mol. The first-order valence-electron chi connectivity index (χ1n) is 6.97. The van der Waals surface area contributed by atoms with Crippen LogP contribution >= 0.6 is 34.8 Å². The van der Waals surface area contributed by atoms with Crippen LogP contribution in [0.5, 0.6) is 0 Å². The van der Waals surface area contributed by atoms with Crippen LogP contribution in [-0.4, -0.2) is 13.4 Å². The zero-order valence-corrected chi connectivity index (χ0v) is 15.5. The molecule has 0 aliphatic carbocycles. The number of rotatable bonds is 3. The molecule has 1 N–H and O–H groups in total. The molecule has 4 nitrogen and oxygen atoms in total. The summed E-state index contributed by atoms with van der Waals surface area (Å²) in [4.78, 5) is 14.3. The lowest BCUT2D eigenvalue weighted by atomic mass is 10.2. The molecule has 2 aromatic carbocycles. The number of sulfone groups is 1. The third-order valence-electron chi connectivity index (χ3n) is 3.47. The van der Waals surface area contributed by atoms with E-state index in [2.05, 4.69) is 4.98 Å². The van der Waals surface area contributed by atoms with Crippen LogP contribution in [0.3, 0.4) is 0 Å². The van der Waals surface area contributed by atoms with E-state index < -0.39 is 15.4 Å². The van der Waals surface area contributed by atoms with E-state index in [1.807, 2.05) is 0 Å². The van der Waals surface area contributed by atoms with Gasteiger partial charge >= 0.3 is 0 Å². The number of benzene rings is 2. The van der Waals surface area contributed by atoms with Gasteiger partial charge < -0.3 is 4.98 Å². The molecule has 0 aliphatic heterocycles. The quantitative estimate of drug-likeness (QED) is 0.660. The van der Waals surface area contributed by atoms with Crippen molar-refractivity contribution < 1.29 is 8.42 Å². The summed E-state index contributed by atoms with van der Waals surface area (Å²) in [7, 11) is -3.97. The molecule has 0 saturated heterocycles. The zero-order valence-electron chi connectivity index (χ0n) is 12.5. The Labute approximate surface area is 158 Å². The predicted octanol–water partition coefficient (Wildman–Crippen LogP) is 4.93. The van der Waals surface area contributed by atoms with Crippen molar-refractivity contribution in [2.45, 2.75) is 4.90 Å². The van der Waals surface area contributed by atoms with E-state index >= 15 is 0 Å². The summed E-state index contributed by atoms with van der Waals surface area (Å²) in [6.45, 7) is 0. The van der Waals surface area contributed by atoms with E-state index in [4.69, 9.17) is 34.8 Å². The molecule has 8 heteroatoms. The number of aromatic nitrogens is 1. The highest BCUT2D eigenvalue weighted by Crippen LogP contribution is 2.24. The van der Waals surface area contributed by atoms with Gasteiger partial charge in [-0.3, -0.25) is 4.79 Å². The number of halogens is 3. The standard InChI is InChI=1S/C17H10Cl3NO3S/c18-12-3-1-10(14(20)8-12)5-6-25(23,24)16-7-11-2-4-13(19)9-15(11)21-17(16)22/h1-9H,(H,21,22)/b6-5-. The van der Waals surface area contributed by atoms with Gasteiger partial charge in [0.05, 0.1) is 0 Å². The van der Waals surface area contributed by atoms with Gasteiger partial charge in [-0.2, -0.15) is 0 Å². The van der Waals surface area contributed by atoms with Crippen LogP contribution in [0.15, 0.2) is 57.6 Å². The van der Waals surface area contributed by atoms with Gasteiger partial charge in [0.15, 0.2) is 0 Å². The Balaban J connectivity index is 2.06. The minimum Gasteiger partial charge on any atom is -0.321 e. The van der Waals surface area contributed by atoms with Crippen molar-refractivity contribution in [2.75, 3.05) is 0 Å². The molecule has 0 amide bonds. The topological polar surface area (TPSA) is 67.0 Å². The van der Waals surface area contributed by atoms with Crippen molar-refractivity contribution in [3.05, 3.63) is 78.9 Å². The lowest BCUT2D eigenvalue weighted by Crippen LogP contribution is -2.15. The molecule has 0 unspecified atom stereocenters. The van der Waals surface area contributed by atoms with Gasteiger partial charge in [-0.25, -0.2) is 8.42 Å². The number of aromatic amines is 1. The number of pyridine rings is 1. The van der Waals surface area contributed by atoms with Crippen LogP contribution in [0, 0.1) is 0 Å². The van der Waals surface area contributed by atoms with Crippen molar-refractivity contribution in [1.29, 1.82) is 0 Å². The summed E-state index contributed by atoms with van der Waals surface area (Å²) in [6, 6.07) is 10.8. The molecule has 25 heavy (non-hydrogen) atoms. The lowest BCUT2D eigenvalue weighted by Gasteiger charge is -2.03. The van der Waals surface area contributed by atoms with E-state index in [-0.39, 0.29) is 4.90 Å². The molecule has 0 bridgehead atoms. The van der Waals surface area contributed by atoms with E-state index in [0.29, 0.717) is 31.5 Å². The summed E-state index contributed by atoms with van der Waals surface area (Å²) in [5, 5.41) is 2.68. The normalized spacial score (nSPS) is 12.1. The van der Waals surface area contributed by atoms with Gasteiger partial charge in [0.2, 0.25) is 9.84 Å². The maximum Gasteiger partial charge on any atom is 0.267 e. The van der Waals surface area contributed by atoms with Crippen LogP contribution in [0.25, 0.3) is 17.0 Å². The lowest BCUT2D eigenvalue weighted by molar-refractivity contribution is 0.603. The summed E-state index contributed by atoms with van der Waals surface area (Å²) >= 11 is 17.7. The number of hydrogen-bond donors (Lipinski definition) is 1. The van der Waals surface area contributed by atoms with Gasteiger partial charge in [-0.1, -0.05) is 46.9 Å². The van der Waals surface area contributed by atoms with E-state index in [9.17, 15) is 13.2 Å². The Bertz CT molecular complexity index is 1170. The van der Waals surface area contributed by atoms with Crippen molar-refractivity contribution in [1.82, 2.24) is 4.98 Å². The van der Waals surface area contributed by atoms with Gasteiger partial charge in [0.1, 0.15) is 4.90 Å². The average molecular weight is 415 g/mol. The first kappa shape index (κ1) is 18.0. The number of nitrogens with one attached hydrogen (secondary N) is 1. The van der Waals surface area contributed by atoms with Crippen LogP contribution in [0.4, 0.5) is 0 Å². The monoisotopic (exact) mass is 413 g/mol. The Kier molecular flexibility index (Phi) is 4.93. The highest BCUT2D eigenvalue weighted by Gasteiger charge is 2.16. The Hall–Kier alpha value is -1.79. The summed E-state index contributed by atoms with van der Waals surface area (Å²) < 4.78 is 25.0. The van der Waals surface area contributed by atoms with Crippen LogP contribution < -0.4 is 5.56 Å². The highest BCUT2D eigenvalue weighted by molar-refractivity contribution is 7.94. The fourth-order valence-electron chi connectivity index (χ4n) is 2.24. The first-order chi connectivity index (χ1) is 11.8. The molecule has 128 valence electrons. The molecular formula is C17H10Cl3NO3S. The highest BCUT2D eigenvalue weighted by atomic mass is 35.5. The number of hydrogen-bond acceptors (Lipinski definition) is 3. The van der Waals surface area contributed by atoms with Crippen molar-refractivity contribution in [3.8, 4) is 0 Å². The third-order valence-corrected chi connectivity index (χ3v) is 5.68. The fraction of sp³-hybridized carbons (Fsp3) is 0. The van der Waals surface area contributed by atoms with E-state index in [0.717, 1.165) is 5.41 Å². The van der Waals surface area contributed by atoms with Gasteiger partial charge in [0, 0.05) is 26.0 Å². The van der Waals surface area contributed by atoms with Crippen molar-refractivity contribution >= 4 is 61.6 Å². The van der Waals surface area contributed by atoms with Gasteiger partial charge in [0.25, 0.3) is 5.56 Å². The molecule has 0 fully saturated rings. The first-order valence-corrected chi connectivity index (χ1v) is 9.65. The second kappa shape index (κ2) is 6.84. The molecule has 0 atom stereocenters. The van der Waals surface area contributed by atoms with E-state index in [1.54, 1.807) is 30.3 Å². The largest absolute Gasteiger partial charge is 0.321 e. The minimum atomic E-state index is -3.97. The molecule has 0 radical (unpaired) electrons. The Morgan fingerprint density at radius 2 is 1.60 bits per heavy atom. The molecule has 0 spiro atoms. The average Bonchev–Trinajstić information content (AvgIpc) is 2.53. The zero-order chi connectivity index (χ0) is 18.2. The predicted molar refractivity (Wildman–Crippen MR) is 102 cm³/mol. The second-order valence-electron chi connectivity index (χ2n) is 5.21. The molecule has 3 rings (SSSR count). The number of fused-ring (bicyclic) bond motifs is 1. The van der Waals surface area contributed by atoms with Crippen molar-refractivity contribution in [3.63, 3.8) is 0 Å². The maximum atomic E-state index is 12.5. The third kappa shape index (κ3) is 3.90. The molecule has 3 aromatic rings. The van der Waals surface area contributed by atoms with Crippen LogP contribution in [0.2, 0.25) is 15.1 Å². The summed E-state index contributed by atoms with van der Waals surface area (Å²) in [5.74, 6) is 0. The van der Waals surface area contributed by atoms with Crippen LogP contribution in [0.1, 0.15) is 5.56 Å². The fourth-order valence-corrected chi connectivity index (χ4v) is 3.95. The molecule has 1 heterocycles. The maximum absolute atomic E-state index is 12.5. The Morgan fingerprint density at radius 1 is 0.920 bits per heavy atom. The van der Waals surface area contributed by atoms with Crippen LogP contribution in [-0.2, 0) is 9.84 Å². The SMILES string of the molecule is O=c1[nH]c2cc(Cl)ccc2cc1S(=O)(=O)/C=C\c1ccc(Cl)cc1Cl. The number of H-pyrrole nitrogens is 1. The molecule has 1 aromatic heterocycles. The second-order valence-corrected chi connectivity index (χ2v) is 8.29.